The first-order valence-electron chi connectivity index (χ1n) is 7.91. The highest BCUT2D eigenvalue weighted by atomic mass is 16.4. The van der Waals surface area contributed by atoms with Gasteiger partial charge in [-0.25, -0.2) is 0 Å². The fourth-order valence-corrected chi connectivity index (χ4v) is 2.37. The number of carboxylic acids is 2. The normalized spacial score (nSPS) is 11.0. The molecule has 138 valence electrons. The number of rotatable bonds is 11. The first kappa shape index (κ1) is 19.3. The van der Waals surface area contributed by atoms with Gasteiger partial charge in [-0.1, -0.05) is 0 Å². The Hall–Kier alpha value is -2.98. The van der Waals surface area contributed by atoms with E-state index in [0.29, 0.717) is 19.6 Å². The summed E-state index contributed by atoms with van der Waals surface area (Å²) < 4.78 is 0. The summed E-state index contributed by atoms with van der Waals surface area (Å²) in [4.78, 5) is 41.8. The van der Waals surface area contributed by atoms with Gasteiger partial charge in [0.15, 0.2) is 0 Å². The van der Waals surface area contributed by atoms with E-state index < -0.39 is 11.9 Å². The second-order valence-corrected chi connectivity index (χ2v) is 5.60. The molecular formula is C16H20N6O4. The Balaban J connectivity index is 2.03. The molecule has 0 aliphatic carbocycles. The van der Waals surface area contributed by atoms with E-state index >= 15 is 0 Å². The first-order valence-corrected chi connectivity index (χ1v) is 7.91. The average Bonchev–Trinajstić information content (AvgIpc) is 2.60. The molecule has 0 aromatic carbocycles. The van der Waals surface area contributed by atoms with Gasteiger partial charge in [0, 0.05) is 63.4 Å². The van der Waals surface area contributed by atoms with Crippen LogP contribution in [-0.4, -0.2) is 78.1 Å². The van der Waals surface area contributed by atoms with Gasteiger partial charge in [-0.2, -0.15) is 0 Å². The molecule has 0 unspecified atom stereocenters. The van der Waals surface area contributed by atoms with Crippen molar-refractivity contribution < 1.29 is 19.8 Å². The molecule has 0 saturated heterocycles. The van der Waals surface area contributed by atoms with E-state index in [4.69, 9.17) is 10.2 Å². The number of carboxylic acid groups (broad SMARTS) is 2. The molecule has 2 heterocycles. The highest BCUT2D eigenvalue weighted by molar-refractivity contribution is 5.72. The van der Waals surface area contributed by atoms with Crippen LogP contribution in [-0.2, 0) is 22.7 Å². The van der Waals surface area contributed by atoms with Crippen molar-refractivity contribution in [2.24, 2.45) is 0 Å². The second-order valence-electron chi connectivity index (χ2n) is 5.60. The summed E-state index contributed by atoms with van der Waals surface area (Å²) in [5, 5.41) is 17.9. The minimum Gasteiger partial charge on any atom is -0.480 e. The van der Waals surface area contributed by atoms with Crippen molar-refractivity contribution in [3.05, 3.63) is 48.6 Å². The molecule has 0 amide bonds. The second kappa shape index (κ2) is 10.1. The Labute approximate surface area is 150 Å². The maximum Gasteiger partial charge on any atom is 0.317 e. The molecule has 0 aliphatic heterocycles. The van der Waals surface area contributed by atoms with E-state index in [2.05, 4.69) is 19.9 Å². The molecule has 0 bridgehead atoms. The van der Waals surface area contributed by atoms with E-state index in [0.717, 1.165) is 11.4 Å². The largest absolute Gasteiger partial charge is 0.480 e. The molecular weight excluding hydrogens is 340 g/mol. The summed E-state index contributed by atoms with van der Waals surface area (Å²) >= 11 is 0. The average molecular weight is 360 g/mol. The van der Waals surface area contributed by atoms with Crippen LogP contribution in [0.2, 0.25) is 0 Å². The van der Waals surface area contributed by atoms with Gasteiger partial charge < -0.3 is 10.2 Å². The molecule has 2 aromatic heterocycles. The van der Waals surface area contributed by atoms with Crippen molar-refractivity contribution in [2.45, 2.75) is 13.1 Å². The van der Waals surface area contributed by atoms with E-state index in [-0.39, 0.29) is 19.6 Å². The lowest BCUT2D eigenvalue weighted by molar-refractivity contribution is -0.141. The smallest absolute Gasteiger partial charge is 0.317 e. The zero-order chi connectivity index (χ0) is 18.8. The molecule has 10 heteroatoms. The van der Waals surface area contributed by atoms with Gasteiger partial charge in [0.25, 0.3) is 0 Å². The lowest BCUT2D eigenvalue weighted by Gasteiger charge is -2.25. The third kappa shape index (κ3) is 7.28. The van der Waals surface area contributed by atoms with Crippen LogP contribution in [0.1, 0.15) is 11.4 Å². The Kier molecular flexibility index (Phi) is 7.52. The third-order valence-corrected chi connectivity index (χ3v) is 3.45. The topological polar surface area (TPSA) is 133 Å². The van der Waals surface area contributed by atoms with E-state index in [1.54, 1.807) is 37.2 Å². The van der Waals surface area contributed by atoms with Gasteiger partial charge in [-0.05, 0) is 0 Å². The minimum absolute atomic E-state index is 0.277. The number of hydrogen-bond acceptors (Lipinski definition) is 8. The number of hydrogen-bond donors (Lipinski definition) is 2. The summed E-state index contributed by atoms with van der Waals surface area (Å²) in [6, 6.07) is 0. The Morgan fingerprint density at radius 2 is 1.23 bits per heavy atom. The maximum absolute atomic E-state index is 10.9. The monoisotopic (exact) mass is 360 g/mol. The van der Waals surface area contributed by atoms with Crippen LogP contribution in [0.3, 0.4) is 0 Å². The van der Waals surface area contributed by atoms with Crippen LogP contribution in [0.15, 0.2) is 37.2 Å². The maximum atomic E-state index is 10.9. The van der Waals surface area contributed by atoms with Crippen LogP contribution in [0.4, 0.5) is 0 Å². The summed E-state index contributed by atoms with van der Waals surface area (Å²) in [6.07, 6.45) is 9.65. The molecule has 0 aliphatic rings. The summed E-state index contributed by atoms with van der Waals surface area (Å²) in [6.45, 7) is 0.983. The molecule has 0 fully saturated rings. The fourth-order valence-electron chi connectivity index (χ4n) is 2.37. The molecule has 10 nitrogen and oxygen atoms in total. The Bertz CT molecular complexity index is 643. The predicted octanol–water partition coefficient (Wildman–Crippen LogP) is -0.260. The van der Waals surface area contributed by atoms with E-state index in [1.165, 1.54) is 4.90 Å². The number of aliphatic carboxylic acids is 2. The fraction of sp³-hybridized carbons (Fsp3) is 0.375. The number of aromatic nitrogens is 4. The van der Waals surface area contributed by atoms with Gasteiger partial charge in [-0.3, -0.25) is 39.3 Å². The summed E-state index contributed by atoms with van der Waals surface area (Å²) in [5.41, 5.74) is 1.50. The third-order valence-electron chi connectivity index (χ3n) is 3.45. The van der Waals surface area contributed by atoms with Crippen molar-refractivity contribution in [3.8, 4) is 0 Å². The molecule has 26 heavy (non-hydrogen) atoms. The van der Waals surface area contributed by atoms with Gasteiger partial charge in [-0.15, -0.1) is 0 Å². The Morgan fingerprint density at radius 3 is 1.62 bits per heavy atom. The van der Waals surface area contributed by atoms with Gasteiger partial charge in [0.05, 0.1) is 24.5 Å². The molecule has 2 rings (SSSR count). The van der Waals surface area contributed by atoms with Crippen LogP contribution in [0.5, 0.6) is 0 Å². The van der Waals surface area contributed by atoms with Crippen molar-refractivity contribution in [2.75, 3.05) is 26.2 Å². The molecule has 2 N–H and O–H groups in total. The first-order chi connectivity index (χ1) is 12.5. The predicted molar refractivity (Wildman–Crippen MR) is 89.9 cm³/mol. The van der Waals surface area contributed by atoms with E-state index in [1.807, 2.05) is 4.90 Å². The van der Waals surface area contributed by atoms with Crippen molar-refractivity contribution >= 4 is 11.9 Å². The molecule has 0 radical (unpaired) electrons. The quantitative estimate of drug-likeness (QED) is 0.552. The highest BCUT2D eigenvalue weighted by Crippen LogP contribution is 2.06. The Morgan fingerprint density at radius 1 is 0.769 bits per heavy atom. The van der Waals surface area contributed by atoms with Crippen molar-refractivity contribution in [1.29, 1.82) is 0 Å². The SMILES string of the molecule is O=C(O)CN(CCN(Cc1cnccn1)Cc1cnccn1)CC(=O)O. The van der Waals surface area contributed by atoms with Gasteiger partial charge >= 0.3 is 11.9 Å². The zero-order valence-corrected chi connectivity index (χ0v) is 14.1. The van der Waals surface area contributed by atoms with Crippen molar-refractivity contribution in [3.63, 3.8) is 0 Å². The van der Waals surface area contributed by atoms with Crippen LogP contribution in [0, 0.1) is 0 Å². The van der Waals surface area contributed by atoms with E-state index in [9.17, 15) is 9.59 Å². The number of carbonyl (C=O) groups is 2. The van der Waals surface area contributed by atoms with Crippen LogP contribution < -0.4 is 0 Å². The molecule has 0 atom stereocenters. The van der Waals surface area contributed by atoms with Crippen molar-refractivity contribution in [1.82, 2.24) is 29.7 Å². The van der Waals surface area contributed by atoms with Crippen LogP contribution >= 0.6 is 0 Å². The lowest BCUT2D eigenvalue weighted by atomic mass is 10.3. The summed E-state index contributed by atoms with van der Waals surface area (Å²) in [5.74, 6) is -2.14. The van der Waals surface area contributed by atoms with Crippen LogP contribution in [0.25, 0.3) is 0 Å². The number of nitrogens with zero attached hydrogens (tertiary/aromatic N) is 6. The zero-order valence-electron chi connectivity index (χ0n) is 14.1. The lowest BCUT2D eigenvalue weighted by Crippen LogP contribution is -2.40. The molecule has 0 saturated carbocycles. The molecule has 0 spiro atoms. The minimum atomic E-state index is -1.07. The highest BCUT2D eigenvalue weighted by Gasteiger charge is 2.16. The standard InChI is InChI=1S/C16H20N6O4/c23-15(24)11-22(12-16(25)26)6-5-21(9-13-7-17-1-3-19-13)10-14-8-18-2-4-20-14/h1-4,7-8H,5-6,9-12H2,(H,23,24)(H,25,26). The summed E-state index contributed by atoms with van der Waals surface area (Å²) in [7, 11) is 0. The molecule has 2 aromatic rings. The van der Waals surface area contributed by atoms with Gasteiger partial charge in [0.2, 0.25) is 0 Å². The van der Waals surface area contributed by atoms with Gasteiger partial charge in [0.1, 0.15) is 0 Å².